The number of ether oxygens (including phenoxy) is 1. The molecule has 4 heteroatoms. The van der Waals surface area contributed by atoms with Gasteiger partial charge in [0.05, 0.1) is 6.10 Å². The molecule has 0 atom stereocenters. The van der Waals surface area contributed by atoms with Crippen LogP contribution in [0.4, 0.5) is 11.5 Å². The van der Waals surface area contributed by atoms with E-state index in [0.717, 1.165) is 36.8 Å². The van der Waals surface area contributed by atoms with Crippen molar-refractivity contribution in [2.24, 2.45) is 0 Å². The molecule has 4 nitrogen and oxygen atoms in total. The SMILES string of the molecule is CC(C)Oc1cccnc1N1CCc2c(N)cccc2C1. The number of hydrogen-bond donors (Lipinski definition) is 1. The summed E-state index contributed by atoms with van der Waals surface area (Å²) in [4.78, 5) is 6.78. The van der Waals surface area contributed by atoms with E-state index in [1.165, 1.54) is 11.1 Å². The maximum atomic E-state index is 6.06. The summed E-state index contributed by atoms with van der Waals surface area (Å²) < 4.78 is 5.88. The van der Waals surface area contributed by atoms with Crippen molar-refractivity contribution in [3.63, 3.8) is 0 Å². The van der Waals surface area contributed by atoms with E-state index in [1.807, 2.05) is 44.3 Å². The number of fused-ring (bicyclic) bond motifs is 1. The van der Waals surface area contributed by atoms with Gasteiger partial charge in [-0.1, -0.05) is 12.1 Å². The van der Waals surface area contributed by atoms with E-state index in [0.29, 0.717) is 0 Å². The van der Waals surface area contributed by atoms with Gasteiger partial charge in [0.2, 0.25) is 0 Å². The number of anilines is 2. The van der Waals surface area contributed by atoms with Gasteiger partial charge in [0, 0.05) is 25.0 Å². The Hall–Kier alpha value is -2.23. The fourth-order valence-corrected chi connectivity index (χ4v) is 2.79. The van der Waals surface area contributed by atoms with Crippen molar-refractivity contribution in [1.29, 1.82) is 0 Å². The number of nitrogens with two attached hydrogens (primary N) is 1. The number of pyridine rings is 1. The Labute approximate surface area is 125 Å². The minimum atomic E-state index is 0.140. The van der Waals surface area contributed by atoms with Crippen LogP contribution in [0.25, 0.3) is 0 Å². The van der Waals surface area contributed by atoms with Gasteiger partial charge in [0.1, 0.15) is 0 Å². The summed E-state index contributed by atoms with van der Waals surface area (Å²) in [5.74, 6) is 1.76. The van der Waals surface area contributed by atoms with Gasteiger partial charge in [-0.25, -0.2) is 4.98 Å². The summed E-state index contributed by atoms with van der Waals surface area (Å²) in [5.41, 5.74) is 9.51. The van der Waals surface area contributed by atoms with Gasteiger partial charge in [0.25, 0.3) is 0 Å². The highest BCUT2D eigenvalue weighted by molar-refractivity contribution is 5.58. The Morgan fingerprint density at radius 3 is 2.90 bits per heavy atom. The Balaban J connectivity index is 1.90. The summed E-state index contributed by atoms with van der Waals surface area (Å²) in [6.07, 6.45) is 2.90. The van der Waals surface area contributed by atoms with Crippen molar-refractivity contribution in [2.45, 2.75) is 32.9 Å². The van der Waals surface area contributed by atoms with E-state index < -0.39 is 0 Å². The first-order chi connectivity index (χ1) is 10.1. The Morgan fingerprint density at radius 1 is 1.24 bits per heavy atom. The Bertz CT molecular complexity index is 640. The van der Waals surface area contributed by atoms with Crippen LogP contribution >= 0.6 is 0 Å². The lowest BCUT2D eigenvalue weighted by Crippen LogP contribution is -2.32. The molecular formula is C17H21N3O. The average molecular weight is 283 g/mol. The van der Waals surface area contributed by atoms with Crippen molar-refractivity contribution in [3.05, 3.63) is 47.7 Å². The first-order valence-corrected chi connectivity index (χ1v) is 7.38. The molecule has 0 saturated carbocycles. The second-order valence-electron chi connectivity index (χ2n) is 5.65. The van der Waals surface area contributed by atoms with Gasteiger partial charge in [0.15, 0.2) is 11.6 Å². The molecule has 0 unspecified atom stereocenters. The topological polar surface area (TPSA) is 51.4 Å². The third-order valence-electron chi connectivity index (χ3n) is 3.72. The number of benzene rings is 1. The van der Waals surface area contributed by atoms with Crippen LogP contribution in [-0.2, 0) is 13.0 Å². The predicted octanol–water partition coefficient (Wildman–Crippen LogP) is 3.01. The van der Waals surface area contributed by atoms with Crippen molar-refractivity contribution in [3.8, 4) is 5.75 Å². The molecule has 2 heterocycles. The molecule has 3 rings (SSSR count). The van der Waals surface area contributed by atoms with Gasteiger partial charge < -0.3 is 15.4 Å². The largest absolute Gasteiger partial charge is 0.487 e. The summed E-state index contributed by atoms with van der Waals surface area (Å²) in [6, 6.07) is 10.0. The molecule has 0 saturated heterocycles. The van der Waals surface area contributed by atoms with Crippen LogP contribution in [0.2, 0.25) is 0 Å². The van der Waals surface area contributed by atoms with Crippen molar-refractivity contribution in [1.82, 2.24) is 4.98 Å². The summed E-state index contributed by atoms with van der Waals surface area (Å²) in [6.45, 7) is 5.80. The first kappa shape index (κ1) is 13.7. The zero-order valence-corrected chi connectivity index (χ0v) is 12.5. The maximum Gasteiger partial charge on any atom is 0.171 e. The molecule has 21 heavy (non-hydrogen) atoms. The molecule has 2 N–H and O–H groups in total. The van der Waals surface area contributed by atoms with Crippen LogP contribution in [-0.4, -0.2) is 17.6 Å². The highest BCUT2D eigenvalue weighted by atomic mass is 16.5. The predicted molar refractivity (Wildman–Crippen MR) is 85.6 cm³/mol. The Kier molecular flexibility index (Phi) is 3.69. The number of hydrogen-bond acceptors (Lipinski definition) is 4. The van der Waals surface area contributed by atoms with Crippen LogP contribution in [0.3, 0.4) is 0 Å². The number of nitrogens with zero attached hydrogens (tertiary/aromatic N) is 2. The maximum absolute atomic E-state index is 6.06. The second kappa shape index (κ2) is 5.64. The van der Waals surface area contributed by atoms with E-state index in [-0.39, 0.29) is 6.10 Å². The fourth-order valence-electron chi connectivity index (χ4n) is 2.79. The third-order valence-corrected chi connectivity index (χ3v) is 3.72. The lowest BCUT2D eigenvalue weighted by Gasteiger charge is -2.31. The molecule has 1 aliphatic heterocycles. The van der Waals surface area contributed by atoms with E-state index >= 15 is 0 Å². The van der Waals surface area contributed by atoms with E-state index in [4.69, 9.17) is 10.5 Å². The van der Waals surface area contributed by atoms with E-state index in [9.17, 15) is 0 Å². The number of rotatable bonds is 3. The molecule has 110 valence electrons. The molecule has 0 spiro atoms. The second-order valence-corrected chi connectivity index (χ2v) is 5.65. The molecule has 2 aromatic rings. The van der Waals surface area contributed by atoms with Gasteiger partial charge in [-0.3, -0.25) is 0 Å². The summed E-state index contributed by atoms with van der Waals surface area (Å²) >= 11 is 0. The van der Waals surface area contributed by atoms with Crippen LogP contribution < -0.4 is 15.4 Å². The Morgan fingerprint density at radius 2 is 2.10 bits per heavy atom. The molecule has 1 aliphatic rings. The normalized spacial score (nSPS) is 14.1. The lowest BCUT2D eigenvalue weighted by molar-refractivity contribution is 0.242. The van der Waals surface area contributed by atoms with Gasteiger partial charge in [-0.05, 0) is 49.6 Å². The molecule has 1 aromatic heterocycles. The van der Waals surface area contributed by atoms with Crippen LogP contribution in [0.15, 0.2) is 36.5 Å². The number of aromatic nitrogens is 1. The van der Waals surface area contributed by atoms with Gasteiger partial charge >= 0.3 is 0 Å². The molecule has 0 bridgehead atoms. The minimum absolute atomic E-state index is 0.140. The van der Waals surface area contributed by atoms with Gasteiger partial charge in [-0.2, -0.15) is 0 Å². The van der Waals surface area contributed by atoms with Crippen LogP contribution in [0, 0.1) is 0 Å². The molecule has 0 aliphatic carbocycles. The molecular weight excluding hydrogens is 262 g/mol. The number of nitrogen functional groups attached to an aromatic ring is 1. The van der Waals surface area contributed by atoms with E-state index in [1.54, 1.807) is 0 Å². The zero-order chi connectivity index (χ0) is 14.8. The third kappa shape index (κ3) is 2.79. The smallest absolute Gasteiger partial charge is 0.171 e. The lowest BCUT2D eigenvalue weighted by atomic mass is 9.98. The van der Waals surface area contributed by atoms with Crippen LogP contribution in [0.1, 0.15) is 25.0 Å². The zero-order valence-electron chi connectivity index (χ0n) is 12.5. The highest BCUT2D eigenvalue weighted by Crippen LogP contribution is 2.32. The quantitative estimate of drug-likeness (QED) is 0.880. The van der Waals surface area contributed by atoms with E-state index in [2.05, 4.69) is 16.0 Å². The van der Waals surface area contributed by atoms with Crippen LogP contribution in [0.5, 0.6) is 5.75 Å². The first-order valence-electron chi connectivity index (χ1n) is 7.38. The van der Waals surface area contributed by atoms with Crippen molar-refractivity contribution >= 4 is 11.5 Å². The van der Waals surface area contributed by atoms with Gasteiger partial charge in [-0.15, -0.1) is 0 Å². The molecule has 0 radical (unpaired) electrons. The molecule has 0 fully saturated rings. The fraction of sp³-hybridized carbons (Fsp3) is 0.353. The highest BCUT2D eigenvalue weighted by Gasteiger charge is 2.21. The van der Waals surface area contributed by atoms with Crippen molar-refractivity contribution in [2.75, 3.05) is 17.2 Å². The minimum Gasteiger partial charge on any atom is -0.487 e. The molecule has 0 amide bonds. The standard InChI is InChI=1S/C17H21N3O/c1-12(2)21-16-7-4-9-19-17(16)20-10-8-14-13(11-20)5-3-6-15(14)18/h3-7,9,12H,8,10-11,18H2,1-2H3. The average Bonchev–Trinajstić information content (AvgIpc) is 2.47. The monoisotopic (exact) mass is 283 g/mol. The summed E-state index contributed by atoms with van der Waals surface area (Å²) in [5, 5.41) is 0. The molecule has 1 aromatic carbocycles. The van der Waals surface area contributed by atoms with Crippen molar-refractivity contribution < 1.29 is 4.74 Å². The summed E-state index contributed by atoms with van der Waals surface area (Å²) in [7, 11) is 0.